The number of rotatable bonds is 3. The van der Waals surface area contributed by atoms with Gasteiger partial charge in [-0.05, 0) is 23.4 Å². The number of Topliss-reactive ketones (excluding diaryl/α,β-unsaturated/α-hetero) is 1. The molecule has 0 atom stereocenters. The van der Waals surface area contributed by atoms with E-state index in [-0.39, 0.29) is 12.2 Å². The first kappa shape index (κ1) is 11.5. The highest BCUT2D eigenvalue weighted by molar-refractivity contribution is 6.33. The first-order valence-electron chi connectivity index (χ1n) is 4.87. The van der Waals surface area contributed by atoms with Gasteiger partial charge in [-0.1, -0.05) is 11.6 Å². The summed E-state index contributed by atoms with van der Waals surface area (Å²) in [4.78, 5) is 13.2. The maximum absolute atomic E-state index is 11.9. The predicted octanol–water partition coefficient (Wildman–Crippen LogP) is 0.871. The molecule has 1 aromatic heterocycles. The molecule has 2 aromatic rings. The van der Waals surface area contributed by atoms with Crippen LogP contribution in [0.2, 0.25) is 5.02 Å². The minimum absolute atomic E-state index is 0.0922. The van der Waals surface area contributed by atoms with Crippen LogP contribution < -0.4 is 5.73 Å². The number of nitrogen functional groups attached to an aromatic ring is 1. The fourth-order valence-corrected chi connectivity index (χ4v) is 1.47. The minimum atomic E-state index is -0.124. The third-order valence-electron chi connectivity index (χ3n) is 2.19. The second kappa shape index (κ2) is 4.50. The molecule has 88 valence electrons. The Morgan fingerprint density at radius 2 is 2.29 bits per heavy atom. The van der Waals surface area contributed by atoms with Crippen molar-refractivity contribution in [3.8, 4) is 0 Å². The first-order chi connectivity index (χ1) is 8.06. The molecule has 17 heavy (non-hydrogen) atoms. The number of aryl methyl sites for hydroxylation is 1. The second-order valence-electron chi connectivity index (χ2n) is 3.53. The van der Waals surface area contributed by atoms with E-state index in [4.69, 9.17) is 17.3 Å². The van der Waals surface area contributed by atoms with Gasteiger partial charge < -0.3 is 5.73 Å². The van der Waals surface area contributed by atoms with E-state index in [9.17, 15) is 4.79 Å². The highest BCUT2D eigenvalue weighted by Gasteiger charge is 2.11. The van der Waals surface area contributed by atoms with Gasteiger partial charge in [-0.25, -0.2) is 0 Å². The van der Waals surface area contributed by atoms with E-state index in [1.807, 2.05) is 0 Å². The van der Waals surface area contributed by atoms with Crippen molar-refractivity contribution in [1.82, 2.24) is 20.2 Å². The number of aromatic nitrogens is 4. The van der Waals surface area contributed by atoms with Crippen LogP contribution in [0.25, 0.3) is 0 Å². The van der Waals surface area contributed by atoms with E-state index in [1.165, 1.54) is 4.80 Å². The Bertz CT molecular complexity index is 566. The molecule has 0 amide bonds. The largest absolute Gasteiger partial charge is 0.398 e. The Labute approximate surface area is 102 Å². The molecule has 0 aliphatic rings. The van der Waals surface area contributed by atoms with Crippen LogP contribution in [-0.4, -0.2) is 26.0 Å². The number of carbonyl (C=O) groups excluding carboxylic acids is 1. The summed E-state index contributed by atoms with van der Waals surface area (Å²) in [6, 6.07) is 4.76. The quantitative estimate of drug-likeness (QED) is 0.646. The van der Waals surface area contributed by atoms with Gasteiger partial charge in [0.25, 0.3) is 0 Å². The molecular formula is C10H10ClN5O. The smallest absolute Gasteiger partial charge is 0.182 e. The standard InChI is InChI=1S/C10H10ClN5O/c1-16-14-10(13-15-16)5-9(17)6-2-3-7(11)8(12)4-6/h2-4H,5,12H2,1H3. The molecule has 0 spiro atoms. The van der Waals surface area contributed by atoms with Crippen molar-refractivity contribution < 1.29 is 4.79 Å². The van der Waals surface area contributed by atoms with Crippen molar-refractivity contribution in [2.24, 2.45) is 7.05 Å². The number of carbonyl (C=O) groups is 1. The number of hydrogen-bond acceptors (Lipinski definition) is 5. The number of tetrazole rings is 1. The van der Waals surface area contributed by atoms with Gasteiger partial charge in [-0.2, -0.15) is 4.80 Å². The van der Waals surface area contributed by atoms with E-state index in [2.05, 4.69) is 15.4 Å². The van der Waals surface area contributed by atoms with Crippen LogP contribution in [0.15, 0.2) is 18.2 Å². The van der Waals surface area contributed by atoms with Gasteiger partial charge in [-0.15, -0.1) is 10.2 Å². The van der Waals surface area contributed by atoms with Crippen molar-refractivity contribution in [1.29, 1.82) is 0 Å². The Morgan fingerprint density at radius 1 is 1.53 bits per heavy atom. The van der Waals surface area contributed by atoms with Crippen molar-refractivity contribution >= 4 is 23.1 Å². The lowest BCUT2D eigenvalue weighted by atomic mass is 10.1. The highest BCUT2D eigenvalue weighted by atomic mass is 35.5. The maximum atomic E-state index is 11.9. The van der Waals surface area contributed by atoms with Gasteiger partial charge in [0, 0.05) is 5.56 Å². The molecule has 1 heterocycles. The molecule has 0 radical (unpaired) electrons. The number of benzene rings is 1. The predicted molar refractivity (Wildman–Crippen MR) is 62.7 cm³/mol. The number of ketones is 1. The SMILES string of the molecule is Cn1nnc(CC(=O)c2ccc(Cl)c(N)c2)n1. The molecular weight excluding hydrogens is 242 g/mol. The molecule has 2 rings (SSSR count). The Morgan fingerprint density at radius 3 is 2.88 bits per heavy atom. The molecule has 6 nitrogen and oxygen atoms in total. The highest BCUT2D eigenvalue weighted by Crippen LogP contribution is 2.20. The van der Waals surface area contributed by atoms with Crippen molar-refractivity contribution in [3.05, 3.63) is 34.6 Å². The van der Waals surface area contributed by atoms with Gasteiger partial charge >= 0.3 is 0 Å². The lowest BCUT2D eigenvalue weighted by Gasteiger charge is -2.01. The molecule has 7 heteroatoms. The third kappa shape index (κ3) is 2.59. The number of hydrogen-bond donors (Lipinski definition) is 1. The van der Waals surface area contributed by atoms with Crippen LogP contribution in [0.4, 0.5) is 5.69 Å². The van der Waals surface area contributed by atoms with Gasteiger partial charge in [0.2, 0.25) is 0 Å². The van der Waals surface area contributed by atoms with Crippen LogP contribution >= 0.6 is 11.6 Å². The van der Waals surface area contributed by atoms with E-state index < -0.39 is 0 Å². The Hall–Kier alpha value is -1.95. The van der Waals surface area contributed by atoms with Crippen molar-refractivity contribution in [2.75, 3.05) is 5.73 Å². The van der Waals surface area contributed by atoms with Crippen molar-refractivity contribution in [2.45, 2.75) is 6.42 Å². The zero-order chi connectivity index (χ0) is 12.4. The van der Waals surface area contributed by atoms with Gasteiger partial charge in [0.1, 0.15) is 0 Å². The van der Waals surface area contributed by atoms with E-state index in [0.717, 1.165) is 0 Å². The molecule has 0 fully saturated rings. The summed E-state index contributed by atoms with van der Waals surface area (Å²) >= 11 is 5.77. The fraction of sp³-hybridized carbons (Fsp3) is 0.200. The normalized spacial score (nSPS) is 10.5. The molecule has 1 aromatic carbocycles. The number of anilines is 1. The zero-order valence-corrected chi connectivity index (χ0v) is 9.85. The topological polar surface area (TPSA) is 86.7 Å². The third-order valence-corrected chi connectivity index (χ3v) is 2.53. The fourth-order valence-electron chi connectivity index (χ4n) is 1.36. The lowest BCUT2D eigenvalue weighted by molar-refractivity contribution is 0.0991. The van der Waals surface area contributed by atoms with Crippen molar-refractivity contribution in [3.63, 3.8) is 0 Å². The van der Waals surface area contributed by atoms with Crippen LogP contribution in [0, 0.1) is 0 Å². The van der Waals surface area contributed by atoms with Gasteiger partial charge in [-0.3, -0.25) is 4.79 Å². The molecule has 0 aliphatic heterocycles. The monoisotopic (exact) mass is 251 g/mol. The number of nitrogens with zero attached hydrogens (tertiary/aromatic N) is 4. The van der Waals surface area contributed by atoms with E-state index >= 15 is 0 Å². The lowest BCUT2D eigenvalue weighted by Crippen LogP contribution is -2.06. The van der Waals surface area contributed by atoms with Gasteiger partial charge in [0.15, 0.2) is 11.6 Å². The molecule has 0 unspecified atom stereocenters. The summed E-state index contributed by atoms with van der Waals surface area (Å²) in [6.07, 6.45) is 0.0922. The summed E-state index contributed by atoms with van der Waals surface area (Å²) in [5.41, 5.74) is 6.49. The van der Waals surface area contributed by atoms with E-state index in [1.54, 1.807) is 25.2 Å². The second-order valence-corrected chi connectivity index (χ2v) is 3.94. The molecule has 0 aliphatic carbocycles. The maximum Gasteiger partial charge on any atom is 0.182 e. The van der Waals surface area contributed by atoms with E-state index in [0.29, 0.717) is 22.1 Å². The summed E-state index contributed by atoms with van der Waals surface area (Å²) in [6.45, 7) is 0. The number of nitrogens with two attached hydrogens (primary N) is 1. The Kier molecular flexibility index (Phi) is 3.06. The number of halogens is 1. The Balaban J connectivity index is 2.17. The molecule has 2 N–H and O–H groups in total. The molecule has 0 saturated heterocycles. The zero-order valence-electron chi connectivity index (χ0n) is 9.09. The average Bonchev–Trinajstić information content (AvgIpc) is 2.68. The molecule has 0 bridgehead atoms. The minimum Gasteiger partial charge on any atom is -0.398 e. The van der Waals surface area contributed by atoms with Crippen LogP contribution in [-0.2, 0) is 13.5 Å². The van der Waals surface area contributed by atoms with Crippen LogP contribution in [0.5, 0.6) is 0 Å². The summed E-state index contributed by atoms with van der Waals surface area (Å²) in [5.74, 6) is 0.257. The summed E-state index contributed by atoms with van der Waals surface area (Å²) < 4.78 is 0. The van der Waals surface area contributed by atoms with Crippen LogP contribution in [0.3, 0.4) is 0 Å². The summed E-state index contributed by atoms with van der Waals surface area (Å²) in [7, 11) is 1.64. The molecule has 0 saturated carbocycles. The van der Waals surface area contributed by atoms with Crippen LogP contribution in [0.1, 0.15) is 16.2 Å². The average molecular weight is 252 g/mol. The van der Waals surface area contributed by atoms with Gasteiger partial charge in [0.05, 0.1) is 24.2 Å². The first-order valence-corrected chi connectivity index (χ1v) is 5.25. The summed E-state index contributed by atoms with van der Waals surface area (Å²) in [5, 5.41) is 11.8.